The summed E-state index contributed by atoms with van der Waals surface area (Å²) in [5.41, 5.74) is 4.35. The van der Waals surface area contributed by atoms with E-state index in [9.17, 15) is 0 Å². The summed E-state index contributed by atoms with van der Waals surface area (Å²) in [6.07, 6.45) is 0.910. The molecule has 0 spiro atoms. The molecule has 2 N–H and O–H groups in total. The highest BCUT2D eigenvalue weighted by Crippen LogP contribution is 2.19. The highest BCUT2D eigenvalue weighted by Gasteiger charge is 2.04. The minimum absolute atomic E-state index is 0.603. The third-order valence-electron chi connectivity index (χ3n) is 4.12. The molecule has 3 rings (SSSR count). The van der Waals surface area contributed by atoms with E-state index < -0.39 is 0 Å². The Balaban J connectivity index is 1.62. The van der Waals surface area contributed by atoms with Crippen molar-refractivity contribution in [3.8, 4) is 5.75 Å². The molecule has 0 fully saturated rings. The Morgan fingerprint density at radius 3 is 2.46 bits per heavy atom. The highest BCUT2D eigenvalue weighted by atomic mass is 16.5. The van der Waals surface area contributed by atoms with Crippen molar-refractivity contribution in [3.63, 3.8) is 0 Å². The van der Waals surface area contributed by atoms with E-state index in [2.05, 4.69) is 45.7 Å². The normalized spacial score (nSPS) is 10.4. The Kier molecular flexibility index (Phi) is 5.69. The molecule has 5 heteroatoms. The maximum atomic E-state index is 5.19. The van der Waals surface area contributed by atoms with E-state index >= 15 is 0 Å². The number of nitrogens with zero attached hydrogens (tertiary/aromatic N) is 2. The second kappa shape index (κ2) is 8.34. The summed E-state index contributed by atoms with van der Waals surface area (Å²) in [6.45, 7) is 4.83. The molecule has 5 nitrogen and oxygen atoms in total. The van der Waals surface area contributed by atoms with Gasteiger partial charge in [0.1, 0.15) is 11.6 Å². The lowest BCUT2D eigenvalue weighted by Crippen LogP contribution is -2.09. The molecule has 1 aromatic heterocycles. The number of rotatable bonds is 7. The largest absolute Gasteiger partial charge is 0.497 e. The van der Waals surface area contributed by atoms with Gasteiger partial charge in [0.25, 0.3) is 0 Å². The molecule has 134 valence electrons. The van der Waals surface area contributed by atoms with Gasteiger partial charge in [-0.2, -0.15) is 4.98 Å². The van der Waals surface area contributed by atoms with Gasteiger partial charge in [0.05, 0.1) is 7.11 Å². The number of ether oxygens (including phenoxy) is 1. The summed E-state index contributed by atoms with van der Waals surface area (Å²) in [5.74, 6) is 2.30. The predicted molar refractivity (Wildman–Crippen MR) is 106 cm³/mol. The van der Waals surface area contributed by atoms with Gasteiger partial charge in [0.15, 0.2) is 0 Å². The lowest BCUT2D eigenvalue weighted by atomic mass is 10.1. The van der Waals surface area contributed by atoms with Crippen LogP contribution in [0.2, 0.25) is 0 Å². The number of hydrogen-bond donors (Lipinski definition) is 2. The maximum absolute atomic E-state index is 5.19. The molecule has 0 aliphatic rings. The van der Waals surface area contributed by atoms with E-state index in [-0.39, 0.29) is 0 Å². The number of methoxy groups -OCH3 is 1. The molecular weight excluding hydrogens is 324 g/mol. The van der Waals surface area contributed by atoms with Crippen molar-refractivity contribution in [2.75, 3.05) is 24.3 Å². The average molecular weight is 348 g/mol. The maximum Gasteiger partial charge on any atom is 0.229 e. The lowest BCUT2D eigenvalue weighted by molar-refractivity contribution is 0.414. The Morgan fingerprint density at radius 1 is 0.962 bits per heavy atom. The molecule has 0 radical (unpaired) electrons. The molecule has 3 aromatic rings. The fourth-order valence-corrected chi connectivity index (χ4v) is 2.68. The van der Waals surface area contributed by atoms with Crippen LogP contribution in [-0.4, -0.2) is 23.6 Å². The first-order valence-corrected chi connectivity index (χ1v) is 8.69. The highest BCUT2D eigenvalue weighted by molar-refractivity contribution is 5.59. The second-order valence-electron chi connectivity index (χ2n) is 6.18. The van der Waals surface area contributed by atoms with E-state index in [1.807, 2.05) is 43.3 Å². The Hall–Kier alpha value is -3.08. The first-order chi connectivity index (χ1) is 12.6. The van der Waals surface area contributed by atoms with Gasteiger partial charge < -0.3 is 15.4 Å². The van der Waals surface area contributed by atoms with Crippen LogP contribution >= 0.6 is 0 Å². The van der Waals surface area contributed by atoms with Crippen molar-refractivity contribution in [1.29, 1.82) is 0 Å². The van der Waals surface area contributed by atoms with Gasteiger partial charge in [-0.3, -0.25) is 0 Å². The van der Waals surface area contributed by atoms with Gasteiger partial charge in [-0.25, -0.2) is 4.98 Å². The summed E-state index contributed by atoms with van der Waals surface area (Å²) in [7, 11) is 1.68. The number of hydrogen-bond acceptors (Lipinski definition) is 5. The van der Waals surface area contributed by atoms with Gasteiger partial charge in [0.2, 0.25) is 5.95 Å². The van der Waals surface area contributed by atoms with E-state index in [0.717, 1.165) is 41.5 Å². The first kappa shape index (κ1) is 17.7. The summed E-state index contributed by atoms with van der Waals surface area (Å²) >= 11 is 0. The van der Waals surface area contributed by atoms with E-state index in [0.29, 0.717) is 5.95 Å². The zero-order valence-electron chi connectivity index (χ0n) is 15.4. The topological polar surface area (TPSA) is 59.1 Å². The molecule has 0 bridgehead atoms. The Labute approximate surface area is 154 Å². The summed E-state index contributed by atoms with van der Waals surface area (Å²) in [6, 6.07) is 18.2. The quantitative estimate of drug-likeness (QED) is 0.658. The van der Waals surface area contributed by atoms with Crippen LogP contribution in [0.25, 0.3) is 0 Å². The summed E-state index contributed by atoms with van der Waals surface area (Å²) in [4.78, 5) is 9.05. The standard InChI is InChI=1S/C21H24N4O/c1-15-6-4-5-7-19(15)24-21-23-16(2)14-20(25-21)22-13-12-17-8-10-18(26-3)11-9-17/h4-11,14H,12-13H2,1-3H3,(H2,22,23,24,25). The van der Waals surface area contributed by atoms with E-state index in [1.54, 1.807) is 7.11 Å². The van der Waals surface area contributed by atoms with E-state index in [1.165, 1.54) is 5.56 Å². The Bertz CT molecular complexity index is 862. The number of aryl methyl sites for hydroxylation is 2. The molecule has 0 aliphatic heterocycles. The van der Waals surface area contributed by atoms with Crippen LogP contribution in [0.15, 0.2) is 54.6 Å². The molecule has 0 saturated heterocycles. The number of nitrogens with one attached hydrogen (secondary N) is 2. The van der Waals surface area contributed by atoms with Gasteiger partial charge >= 0.3 is 0 Å². The van der Waals surface area contributed by atoms with Crippen LogP contribution in [0.1, 0.15) is 16.8 Å². The number of para-hydroxylation sites is 1. The van der Waals surface area contributed by atoms with Crippen molar-refractivity contribution in [1.82, 2.24) is 9.97 Å². The van der Waals surface area contributed by atoms with Crippen LogP contribution in [0.3, 0.4) is 0 Å². The number of anilines is 3. The van der Waals surface area contributed by atoms with Crippen molar-refractivity contribution in [3.05, 3.63) is 71.4 Å². The van der Waals surface area contributed by atoms with Crippen LogP contribution in [0.4, 0.5) is 17.5 Å². The van der Waals surface area contributed by atoms with Crippen molar-refractivity contribution in [2.24, 2.45) is 0 Å². The molecule has 0 aliphatic carbocycles. The van der Waals surface area contributed by atoms with Crippen LogP contribution in [0, 0.1) is 13.8 Å². The third-order valence-corrected chi connectivity index (χ3v) is 4.12. The average Bonchev–Trinajstić information content (AvgIpc) is 2.64. The SMILES string of the molecule is COc1ccc(CCNc2cc(C)nc(Nc3ccccc3C)n2)cc1. The van der Waals surface area contributed by atoms with Crippen LogP contribution < -0.4 is 15.4 Å². The smallest absolute Gasteiger partial charge is 0.229 e. The molecule has 2 aromatic carbocycles. The van der Waals surface area contributed by atoms with Crippen molar-refractivity contribution in [2.45, 2.75) is 20.3 Å². The molecular formula is C21H24N4O. The minimum atomic E-state index is 0.603. The van der Waals surface area contributed by atoms with Crippen LogP contribution in [0.5, 0.6) is 5.75 Å². The summed E-state index contributed by atoms with van der Waals surface area (Å²) < 4.78 is 5.19. The lowest BCUT2D eigenvalue weighted by Gasteiger charge is -2.11. The van der Waals surface area contributed by atoms with Gasteiger partial charge in [-0.05, 0) is 49.6 Å². The molecule has 0 atom stereocenters. The van der Waals surface area contributed by atoms with Gasteiger partial charge in [0, 0.05) is 24.0 Å². The zero-order chi connectivity index (χ0) is 18.4. The van der Waals surface area contributed by atoms with Crippen molar-refractivity contribution >= 4 is 17.5 Å². The third kappa shape index (κ3) is 4.72. The number of benzene rings is 2. The van der Waals surface area contributed by atoms with E-state index in [4.69, 9.17) is 4.74 Å². The zero-order valence-corrected chi connectivity index (χ0v) is 15.4. The molecule has 1 heterocycles. The predicted octanol–water partition coefficient (Wildman–Crippen LogP) is 4.50. The molecule has 0 unspecified atom stereocenters. The first-order valence-electron chi connectivity index (χ1n) is 8.69. The molecule has 26 heavy (non-hydrogen) atoms. The summed E-state index contributed by atoms with van der Waals surface area (Å²) in [5, 5.41) is 6.68. The fraction of sp³-hybridized carbons (Fsp3) is 0.238. The number of aromatic nitrogens is 2. The fourth-order valence-electron chi connectivity index (χ4n) is 2.68. The minimum Gasteiger partial charge on any atom is -0.497 e. The van der Waals surface area contributed by atoms with Crippen LogP contribution in [-0.2, 0) is 6.42 Å². The molecule has 0 amide bonds. The monoisotopic (exact) mass is 348 g/mol. The van der Waals surface area contributed by atoms with Gasteiger partial charge in [-0.1, -0.05) is 30.3 Å². The molecule has 0 saturated carbocycles. The van der Waals surface area contributed by atoms with Crippen molar-refractivity contribution < 1.29 is 4.74 Å². The second-order valence-corrected chi connectivity index (χ2v) is 6.18. The Morgan fingerprint density at radius 2 is 1.73 bits per heavy atom. The van der Waals surface area contributed by atoms with Gasteiger partial charge in [-0.15, -0.1) is 0 Å².